The fourth-order valence-corrected chi connectivity index (χ4v) is 2.83. The number of amidine groups is 1. The van der Waals surface area contributed by atoms with E-state index in [0.29, 0.717) is 12.2 Å². The van der Waals surface area contributed by atoms with Gasteiger partial charge in [0.2, 0.25) is 0 Å². The van der Waals surface area contributed by atoms with Crippen LogP contribution >= 0.6 is 0 Å². The number of likely N-dealkylation sites (N-methyl/N-ethyl adjacent to an activating group) is 2. The summed E-state index contributed by atoms with van der Waals surface area (Å²) in [5.74, 6) is -0.341. The maximum Gasteiger partial charge on any atom is 0.270 e. The number of aliphatic imine (C=N–C) groups is 1. The molecule has 1 saturated heterocycles. The topological polar surface area (TPSA) is 91.1 Å². The normalized spacial score (nSPS) is 16.2. The molecule has 3 rings (SSSR count). The lowest BCUT2D eigenvalue weighted by Gasteiger charge is -2.32. The smallest absolute Gasteiger partial charge is 0.270 e. The molecule has 0 unspecified atom stereocenters. The molecule has 8 nitrogen and oxygen atoms in total. The average Bonchev–Trinajstić information content (AvgIpc) is 2.64. The number of rotatable bonds is 4. The Kier molecular flexibility index (Phi) is 5.65. The number of nitrogens with zero attached hydrogens (tertiary/aromatic N) is 4. The lowest BCUT2D eigenvalue weighted by Crippen LogP contribution is -2.46. The number of non-ortho nitro benzene ring substituents is 1. The number of amides is 1. The number of halogens is 1. The summed E-state index contributed by atoms with van der Waals surface area (Å²) in [5.41, 5.74) is 0.399. The van der Waals surface area contributed by atoms with E-state index in [4.69, 9.17) is 0 Å². The van der Waals surface area contributed by atoms with Gasteiger partial charge >= 0.3 is 0 Å². The molecule has 0 aliphatic carbocycles. The second-order valence-corrected chi connectivity index (χ2v) is 6.61. The van der Waals surface area contributed by atoms with Crippen molar-refractivity contribution in [2.45, 2.75) is 0 Å². The van der Waals surface area contributed by atoms with Crippen molar-refractivity contribution in [2.75, 3.05) is 39.0 Å². The van der Waals surface area contributed by atoms with Crippen LogP contribution in [-0.2, 0) is 0 Å². The highest BCUT2D eigenvalue weighted by atomic mass is 19.1. The van der Waals surface area contributed by atoms with Crippen LogP contribution in [0, 0.1) is 15.9 Å². The Hall–Kier alpha value is -3.33. The van der Waals surface area contributed by atoms with Crippen molar-refractivity contribution < 1.29 is 14.1 Å². The maximum atomic E-state index is 13.4. The Bertz CT molecular complexity index is 947. The molecular formula is C19H20FN5O3. The van der Waals surface area contributed by atoms with Crippen LogP contribution in [0.3, 0.4) is 0 Å². The van der Waals surface area contributed by atoms with Gasteiger partial charge in [-0.2, -0.15) is 0 Å². The van der Waals surface area contributed by atoms with E-state index in [-0.39, 0.29) is 16.9 Å². The van der Waals surface area contributed by atoms with E-state index >= 15 is 0 Å². The first kappa shape index (κ1) is 19.4. The van der Waals surface area contributed by atoms with Crippen molar-refractivity contribution in [1.82, 2.24) is 9.80 Å². The first-order valence-electron chi connectivity index (χ1n) is 8.66. The first-order chi connectivity index (χ1) is 13.3. The minimum atomic E-state index is -0.597. The summed E-state index contributed by atoms with van der Waals surface area (Å²) in [6, 6.07) is 9.38. The van der Waals surface area contributed by atoms with E-state index in [1.807, 2.05) is 19.0 Å². The number of anilines is 1. The third-order valence-electron chi connectivity index (χ3n) is 4.44. The Morgan fingerprint density at radius 1 is 1.21 bits per heavy atom. The highest BCUT2D eigenvalue weighted by Crippen LogP contribution is 2.26. The van der Waals surface area contributed by atoms with Gasteiger partial charge in [-0.25, -0.2) is 9.38 Å². The minimum Gasteiger partial charge on any atom is -0.361 e. The minimum absolute atomic E-state index is 0.0487. The van der Waals surface area contributed by atoms with Gasteiger partial charge in [-0.15, -0.1) is 0 Å². The van der Waals surface area contributed by atoms with Crippen molar-refractivity contribution in [3.8, 4) is 0 Å². The number of nitro benzene ring substituents is 1. The fraction of sp³-hybridized carbons (Fsp3) is 0.263. The predicted molar refractivity (Wildman–Crippen MR) is 105 cm³/mol. The van der Waals surface area contributed by atoms with E-state index in [9.17, 15) is 19.3 Å². The lowest BCUT2D eigenvalue weighted by molar-refractivity contribution is -0.384. The molecule has 1 heterocycles. The second kappa shape index (κ2) is 8.13. The fourth-order valence-electron chi connectivity index (χ4n) is 2.83. The molecule has 1 amide bonds. The van der Waals surface area contributed by atoms with E-state index in [0.717, 1.165) is 18.9 Å². The third kappa shape index (κ3) is 4.49. The van der Waals surface area contributed by atoms with Crippen LogP contribution in [0.1, 0.15) is 10.4 Å². The number of nitro groups is 1. The molecule has 0 radical (unpaired) electrons. The number of hydrogen-bond donors (Lipinski definition) is 1. The van der Waals surface area contributed by atoms with Gasteiger partial charge < -0.3 is 10.2 Å². The molecular weight excluding hydrogens is 365 g/mol. The summed E-state index contributed by atoms with van der Waals surface area (Å²) < 4.78 is 13.4. The number of benzene rings is 2. The zero-order valence-electron chi connectivity index (χ0n) is 15.6. The summed E-state index contributed by atoms with van der Waals surface area (Å²) >= 11 is 0. The molecule has 2 aromatic carbocycles. The van der Waals surface area contributed by atoms with Crippen LogP contribution in [0.2, 0.25) is 0 Å². The van der Waals surface area contributed by atoms with Crippen LogP contribution in [0.15, 0.2) is 47.5 Å². The Morgan fingerprint density at radius 3 is 2.71 bits per heavy atom. The van der Waals surface area contributed by atoms with E-state index in [1.54, 1.807) is 0 Å². The summed E-state index contributed by atoms with van der Waals surface area (Å²) in [5, 5.41) is 13.7. The quantitative estimate of drug-likeness (QED) is 0.645. The molecule has 0 saturated carbocycles. The van der Waals surface area contributed by atoms with Crippen LogP contribution in [-0.4, -0.2) is 60.2 Å². The van der Waals surface area contributed by atoms with Gasteiger partial charge in [-0.3, -0.25) is 19.8 Å². The van der Waals surface area contributed by atoms with Crippen molar-refractivity contribution in [3.63, 3.8) is 0 Å². The third-order valence-corrected chi connectivity index (χ3v) is 4.44. The van der Waals surface area contributed by atoms with E-state index in [2.05, 4.69) is 15.2 Å². The molecule has 146 valence electrons. The Labute approximate surface area is 161 Å². The van der Waals surface area contributed by atoms with Gasteiger partial charge in [0.15, 0.2) is 0 Å². The summed E-state index contributed by atoms with van der Waals surface area (Å²) in [4.78, 5) is 32.0. The van der Waals surface area contributed by atoms with Gasteiger partial charge in [0.1, 0.15) is 11.7 Å². The monoisotopic (exact) mass is 385 g/mol. The van der Waals surface area contributed by atoms with Crippen LogP contribution in [0.25, 0.3) is 0 Å². The second-order valence-electron chi connectivity index (χ2n) is 6.61. The highest BCUT2D eigenvalue weighted by Gasteiger charge is 2.20. The molecule has 0 spiro atoms. The number of nitrogens with one attached hydrogen (secondary N) is 1. The molecule has 1 aliphatic rings. The van der Waals surface area contributed by atoms with E-state index in [1.165, 1.54) is 42.5 Å². The zero-order chi connectivity index (χ0) is 20.3. The zero-order valence-corrected chi connectivity index (χ0v) is 15.6. The molecule has 28 heavy (non-hydrogen) atoms. The molecule has 0 bridgehead atoms. The molecule has 0 atom stereocenters. The van der Waals surface area contributed by atoms with E-state index < -0.39 is 16.6 Å². The van der Waals surface area contributed by atoms with Crippen LogP contribution in [0.4, 0.5) is 21.5 Å². The molecule has 0 aromatic heterocycles. The van der Waals surface area contributed by atoms with Crippen LogP contribution in [0.5, 0.6) is 0 Å². The average molecular weight is 385 g/mol. The van der Waals surface area contributed by atoms with Gasteiger partial charge in [-0.05, 0) is 31.3 Å². The van der Waals surface area contributed by atoms with Crippen molar-refractivity contribution >= 4 is 28.8 Å². The molecule has 1 fully saturated rings. The standard InChI is InChI=1S/C19H20FN5O3/c1-23-8-9-24(2)18(12-23)22-17-7-6-15(25(27)28)11-16(17)19(26)21-14-5-3-4-13(20)10-14/h3-7,10-11H,8-9,12H2,1-2H3,(H,21,26)/b22-18+. The summed E-state index contributed by atoms with van der Waals surface area (Å²) in [6.07, 6.45) is 0. The van der Waals surface area contributed by atoms with Crippen molar-refractivity contribution in [2.24, 2.45) is 4.99 Å². The van der Waals surface area contributed by atoms with Gasteiger partial charge in [0.25, 0.3) is 11.6 Å². The highest BCUT2D eigenvalue weighted by molar-refractivity contribution is 6.08. The van der Waals surface area contributed by atoms with Crippen LogP contribution < -0.4 is 5.32 Å². The van der Waals surface area contributed by atoms with Gasteiger partial charge in [0.05, 0.1) is 22.7 Å². The molecule has 9 heteroatoms. The molecule has 2 aromatic rings. The van der Waals surface area contributed by atoms with Gasteiger partial charge in [0, 0.05) is 38.0 Å². The Morgan fingerprint density at radius 2 is 2.00 bits per heavy atom. The molecule has 1 N–H and O–H groups in total. The number of hydrogen-bond acceptors (Lipinski definition) is 5. The molecule has 1 aliphatic heterocycles. The van der Waals surface area contributed by atoms with Crippen molar-refractivity contribution in [3.05, 3.63) is 64.0 Å². The number of carbonyl (C=O) groups is 1. The SMILES string of the molecule is CN1CCN(C)/C(=N/c2ccc([N+](=O)[O-])cc2C(=O)Nc2cccc(F)c2)C1. The Balaban J connectivity index is 1.98. The van der Waals surface area contributed by atoms with Gasteiger partial charge in [-0.1, -0.05) is 6.07 Å². The lowest BCUT2D eigenvalue weighted by atomic mass is 10.1. The predicted octanol–water partition coefficient (Wildman–Crippen LogP) is 2.89. The first-order valence-corrected chi connectivity index (χ1v) is 8.66. The number of carbonyl (C=O) groups excluding carboxylic acids is 1. The number of piperazine rings is 1. The van der Waals surface area contributed by atoms with Crippen molar-refractivity contribution in [1.29, 1.82) is 0 Å². The summed E-state index contributed by atoms with van der Waals surface area (Å²) in [6.45, 7) is 2.27. The summed E-state index contributed by atoms with van der Waals surface area (Å²) in [7, 11) is 3.87. The maximum absolute atomic E-state index is 13.4. The largest absolute Gasteiger partial charge is 0.361 e.